The SMILES string of the molecule is Cn1c(=O)cc(C(=O)N2CCN(Cc3nc(-c4cccs4)no3)CC2)c2ccccc21. The Morgan fingerprint density at radius 2 is 1.94 bits per heavy atom. The molecule has 158 valence electrons. The molecule has 0 bridgehead atoms. The van der Waals surface area contributed by atoms with Crippen molar-refractivity contribution in [2.24, 2.45) is 7.05 Å². The zero-order chi connectivity index (χ0) is 21.4. The first-order valence-electron chi connectivity index (χ1n) is 10.1. The molecule has 1 saturated heterocycles. The highest BCUT2D eigenvalue weighted by Gasteiger charge is 2.25. The van der Waals surface area contributed by atoms with Gasteiger partial charge in [-0.3, -0.25) is 14.5 Å². The Hall–Kier alpha value is -3.30. The van der Waals surface area contributed by atoms with E-state index in [1.807, 2.05) is 46.7 Å². The molecule has 31 heavy (non-hydrogen) atoms. The summed E-state index contributed by atoms with van der Waals surface area (Å²) >= 11 is 1.57. The monoisotopic (exact) mass is 435 g/mol. The third kappa shape index (κ3) is 3.77. The minimum atomic E-state index is -0.182. The van der Waals surface area contributed by atoms with E-state index in [0.717, 1.165) is 15.8 Å². The first-order valence-corrected chi connectivity index (χ1v) is 10.9. The Bertz CT molecular complexity index is 1290. The van der Waals surface area contributed by atoms with Gasteiger partial charge in [-0.2, -0.15) is 4.98 Å². The Morgan fingerprint density at radius 3 is 2.71 bits per heavy atom. The van der Waals surface area contributed by atoms with Crippen molar-refractivity contribution >= 4 is 28.1 Å². The van der Waals surface area contributed by atoms with Gasteiger partial charge in [0, 0.05) is 44.7 Å². The molecule has 0 saturated carbocycles. The van der Waals surface area contributed by atoms with Gasteiger partial charge in [-0.15, -0.1) is 11.3 Å². The van der Waals surface area contributed by atoms with Gasteiger partial charge in [0.15, 0.2) is 0 Å². The maximum Gasteiger partial charge on any atom is 0.254 e. The second-order valence-corrected chi connectivity index (χ2v) is 8.48. The number of carbonyl (C=O) groups is 1. The van der Waals surface area contributed by atoms with Crippen LogP contribution in [0.5, 0.6) is 0 Å². The number of fused-ring (bicyclic) bond motifs is 1. The summed E-state index contributed by atoms with van der Waals surface area (Å²) in [5, 5.41) is 6.83. The summed E-state index contributed by atoms with van der Waals surface area (Å²) in [6, 6.07) is 12.9. The normalized spacial score (nSPS) is 14.9. The van der Waals surface area contributed by atoms with Crippen LogP contribution in [0, 0.1) is 0 Å². The third-order valence-corrected chi connectivity index (χ3v) is 6.48. The van der Waals surface area contributed by atoms with Crippen molar-refractivity contribution in [1.29, 1.82) is 0 Å². The molecule has 0 spiro atoms. The van der Waals surface area contributed by atoms with Crippen LogP contribution in [0.2, 0.25) is 0 Å². The lowest BCUT2D eigenvalue weighted by molar-refractivity contribution is 0.0617. The molecule has 0 N–H and O–H groups in total. The van der Waals surface area contributed by atoms with Crippen molar-refractivity contribution in [1.82, 2.24) is 24.5 Å². The highest BCUT2D eigenvalue weighted by Crippen LogP contribution is 2.22. The summed E-state index contributed by atoms with van der Waals surface area (Å²) in [6.45, 7) is 3.11. The molecule has 4 heterocycles. The molecule has 1 aliphatic rings. The number of aromatic nitrogens is 3. The van der Waals surface area contributed by atoms with Crippen molar-refractivity contribution in [3.8, 4) is 10.7 Å². The molecular weight excluding hydrogens is 414 g/mol. The van der Waals surface area contributed by atoms with Gasteiger partial charge in [0.1, 0.15) is 0 Å². The van der Waals surface area contributed by atoms with Gasteiger partial charge >= 0.3 is 0 Å². The number of rotatable bonds is 4. The van der Waals surface area contributed by atoms with Crippen LogP contribution in [0.3, 0.4) is 0 Å². The number of piperazine rings is 1. The van der Waals surface area contributed by atoms with Crippen LogP contribution in [-0.2, 0) is 13.6 Å². The molecule has 8 nitrogen and oxygen atoms in total. The number of para-hydroxylation sites is 1. The summed E-state index contributed by atoms with van der Waals surface area (Å²) in [5.41, 5.74) is 1.04. The summed E-state index contributed by atoms with van der Waals surface area (Å²) in [4.78, 5) is 35.0. The molecule has 1 aliphatic heterocycles. The zero-order valence-electron chi connectivity index (χ0n) is 17.0. The number of aryl methyl sites for hydroxylation is 1. The predicted octanol–water partition coefficient (Wildman–Crippen LogP) is 2.61. The fourth-order valence-electron chi connectivity index (χ4n) is 3.88. The van der Waals surface area contributed by atoms with Gasteiger partial charge in [-0.1, -0.05) is 29.4 Å². The van der Waals surface area contributed by atoms with E-state index in [4.69, 9.17) is 4.52 Å². The van der Waals surface area contributed by atoms with E-state index in [9.17, 15) is 9.59 Å². The standard InChI is InChI=1S/C22H21N5O3S/c1-25-17-6-3-2-5-15(17)16(13-20(25)28)22(29)27-10-8-26(9-11-27)14-19-23-21(24-30-19)18-7-4-12-31-18/h2-7,12-13H,8-11,14H2,1H3. The molecule has 9 heteroatoms. The van der Waals surface area contributed by atoms with Crippen LogP contribution in [0.4, 0.5) is 0 Å². The van der Waals surface area contributed by atoms with Gasteiger partial charge < -0.3 is 14.0 Å². The number of carbonyl (C=O) groups excluding carboxylic acids is 1. The Labute approximate surface area is 182 Å². The van der Waals surface area contributed by atoms with E-state index in [0.29, 0.717) is 50.0 Å². The molecular formula is C22H21N5O3S. The van der Waals surface area contributed by atoms with Crippen LogP contribution in [-0.4, -0.2) is 56.6 Å². The molecule has 0 unspecified atom stereocenters. The van der Waals surface area contributed by atoms with Gasteiger partial charge in [0.05, 0.1) is 22.5 Å². The van der Waals surface area contributed by atoms with Crippen LogP contribution in [0.1, 0.15) is 16.2 Å². The van der Waals surface area contributed by atoms with E-state index in [1.165, 1.54) is 6.07 Å². The summed E-state index contributed by atoms with van der Waals surface area (Å²) in [6.07, 6.45) is 0. The third-order valence-electron chi connectivity index (χ3n) is 5.61. The van der Waals surface area contributed by atoms with Crippen molar-refractivity contribution in [2.45, 2.75) is 6.54 Å². The van der Waals surface area contributed by atoms with Crippen LogP contribution < -0.4 is 5.56 Å². The molecule has 1 amide bonds. The van der Waals surface area contributed by atoms with Crippen LogP contribution >= 0.6 is 11.3 Å². The summed E-state index contributed by atoms with van der Waals surface area (Å²) in [5.74, 6) is 1.07. The fraction of sp³-hybridized carbons (Fsp3) is 0.273. The maximum absolute atomic E-state index is 13.2. The predicted molar refractivity (Wildman–Crippen MR) is 118 cm³/mol. The van der Waals surface area contributed by atoms with Crippen molar-refractivity contribution in [2.75, 3.05) is 26.2 Å². The zero-order valence-corrected chi connectivity index (χ0v) is 17.8. The molecule has 1 fully saturated rings. The van der Waals surface area contributed by atoms with E-state index >= 15 is 0 Å². The van der Waals surface area contributed by atoms with E-state index in [1.54, 1.807) is 23.0 Å². The fourth-order valence-corrected chi connectivity index (χ4v) is 4.53. The van der Waals surface area contributed by atoms with Gasteiger partial charge in [0.2, 0.25) is 11.7 Å². The minimum absolute atomic E-state index is 0.105. The van der Waals surface area contributed by atoms with Gasteiger partial charge in [0.25, 0.3) is 11.5 Å². The van der Waals surface area contributed by atoms with Crippen molar-refractivity contribution in [3.63, 3.8) is 0 Å². The van der Waals surface area contributed by atoms with Crippen molar-refractivity contribution in [3.05, 3.63) is 69.7 Å². The number of pyridine rings is 1. The molecule has 3 aromatic heterocycles. The molecule has 5 rings (SSSR count). The molecule has 0 atom stereocenters. The number of hydrogen-bond acceptors (Lipinski definition) is 7. The number of amides is 1. The highest BCUT2D eigenvalue weighted by atomic mass is 32.1. The maximum atomic E-state index is 13.2. The minimum Gasteiger partial charge on any atom is -0.338 e. The number of hydrogen-bond donors (Lipinski definition) is 0. The van der Waals surface area contributed by atoms with Gasteiger partial charge in [-0.05, 0) is 17.5 Å². The average molecular weight is 436 g/mol. The lowest BCUT2D eigenvalue weighted by atomic mass is 10.1. The number of nitrogens with zero attached hydrogens (tertiary/aromatic N) is 5. The summed E-state index contributed by atoms with van der Waals surface area (Å²) < 4.78 is 6.96. The lowest BCUT2D eigenvalue weighted by Crippen LogP contribution is -2.48. The second-order valence-electron chi connectivity index (χ2n) is 7.53. The second kappa shape index (κ2) is 8.09. The van der Waals surface area contributed by atoms with Gasteiger partial charge in [-0.25, -0.2) is 0 Å². The number of benzene rings is 1. The Morgan fingerprint density at radius 1 is 1.13 bits per heavy atom. The van der Waals surface area contributed by atoms with Crippen LogP contribution in [0.25, 0.3) is 21.6 Å². The highest BCUT2D eigenvalue weighted by molar-refractivity contribution is 7.13. The van der Waals surface area contributed by atoms with E-state index in [-0.39, 0.29) is 11.5 Å². The van der Waals surface area contributed by atoms with Crippen LogP contribution in [0.15, 0.2) is 57.2 Å². The molecule has 4 aromatic rings. The largest absolute Gasteiger partial charge is 0.338 e. The topological polar surface area (TPSA) is 84.5 Å². The number of thiophene rings is 1. The molecule has 0 aliphatic carbocycles. The Balaban J connectivity index is 1.27. The molecule has 1 aromatic carbocycles. The van der Waals surface area contributed by atoms with E-state index in [2.05, 4.69) is 15.0 Å². The average Bonchev–Trinajstić information content (AvgIpc) is 3.48. The lowest BCUT2D eigenvalue weighted by Gasteiger charge is -2.34. The first kappa shape index (κ1) is 19.7. The van der Waals surface area contributed by atoms with Crippen molar-refractivity contribution < 1.29 is 9.32 Å². The smallest absolute Gasteiger partial charge is 0.254 e. The molecule has 0 radical (unpaired) electrons. The Kier molecular flexibility index (Phi) is 5.13. The summed E-state index contributed by atoms with van der Waals surface area (Å²) in [7, 11) is 1.72. The quantitative estimate of drug-likeness (QED) is 0.490. The first-order chi connectivity index (χ1) is 15.1. The van der Waals surface area contributed by atoms with E-state index < -0.39 is 0 Å².